The van der Waals surface area contributed by atoms with Gasteiger partial charge in [-0.25, -0.2) is 0 Å². The molecule has 186 valence electrons. The lowest BCUT2D eigenvalue weighted by Crippen LogP contribution is -2.42. The van der Waals surface area contributed by atoms with Crippen LogP contribution in [0.1, 0.15) is 25.7 Å². The van der Waals surface area contributed by atoms with Gasteiger partial charge in [-0.3, -0.25) is 9.59 Å². The molecular formula is C22H44N6O4. The molecule has 0 amide bonds. The van der Waals surface area contributed by atoms with Crippen molar-refractivity contribution in [1.29, 1.82) is 0 Å². The lowest BCUT2D eigenvalue weighted by atomic mass is 10.1. The minimum Gasteiger partial charge on any atom is -0.390 e. The molecule has 0 saturated heterocycles. The summed E-state index contributed by atoms with van der Waals surface area (Å²) in [6.07, 6.45) is 2.90. The fraction of sp³-hybridized carbons (Fsp3) is 0.818. The minimum absolute atomic E-state index is 0.179. The van der Waals surface area contributed by atoms with E-state index < -0.39 is 23.1 Å². The molecule has 2 atom stereocenters. The van der Waals surface area contributed by atoms with E-state index in [1.54, 1.807) is 0 Å². The molecule has 0 saturated carbocycles. The number of anilines is 2. The van der Waals surface area contributed by atoms with Crippen molar-refractivity contribution in [2.24, 2.45) is 0 Å². The molecule has 1 aromatic rings. The Bertz CT molecular complexity index is 637. The van der Waals surface area contributed by atoms with Crippen molar-refractivity contribution in [2.75, 3.05) is 91.2 Å². The molecule has 6 N–H and O–H groups in total. The van der Waals surface area contributed by atoms with Gasteiger partial charge in [-0.05, 0) is 80.1 Å². The Morgan fingerprint density at radius 3 is 1.44 bits per heavy atom. The molecule has 0 fully saturated rings. The van der Waals surface area contributed by atoms with Crippen molar-refractivity contribution >= 4 is 11.4 Å². The van der Waals surface area contributed by atoms with Gasteiger partial charge in [-0.1, -0.05) is 0 Å². The maximum absolute atomic E-state index is 11.9. The summed E-state index contributed by atoms with van der Waals surface area (Å²) in [5.74, 6) is 0. The second-order valence-corrected chi connectivity index (χ2v) is 8.62. The van der Waals surface area contributed by atoms with Crippen LogP contribution in [0.5, 0.6) is 0 Å². The fourth-order valence-corrected chi connectivity index (χ4v) is 3.57. The second kappa shape index (κ2) is 16.1. The van der Waals surface area contributed by atoms with Crippen LogP contribution < -0.4 is 32.1 Å². The summed E-state index contributed by atoms with van der Waals surface area (Å²) in [6, 6.07) is 0. The molecule has 2 unspecified atom stereocenters. The highest BCUT2D eigenvalue weighted by molar-refractivity contribution is 5.74. The van der Waals surface area contributed by atoms with E-state index in [0.717, 1.165) is 51.9 Å². The van der Waals surface area contributed by atoms with Gasteiger partial charge in [0.25, 0.3) is 10.9 Å². The molecule has 0 aliphatic carbocycles. The predicted octanol–water partition coefficient (Wildman–Crippen LogP) is -1.31. The van der Waals surface area contributed by atoms with Crippen molar-refractivity contribution in [3.63, 3.8) is 0 Å². The van der Waals surface area contributed by atoms with E-state index in [0.29, 0.717) is 13.1 Å². The fourth-order valence-electron chi connectivity index (χ4n) is 3.57. The topological polar surface area (TPSA) is 129 Å². The van der Waals surface area contributed by atoms with Gasteiger partial charge in [0.2, 0.25) is 0 Å². The average molecular weight is 457 g/mol. The van der Waals surface area contributed by atoms with Crippen LogP contribution in [0.2, 0.25) is 0 Å². The summed E-state index contributed by atoms with van der Waals surface area (Å²) in [4.78, 5) is 27.9. The lowest BCUT2D eigenvalue weighted by molar-refractivity contribution is 0.134. The molecule has 0 heterocycles. The molecule has 0 bridgehead atoms. The summed E-state index contributed by atoms with van der Waals surface area (Å²) >= 11 is 0. The zero-order valence-corrected chi connectivity index (χ0v) is 20.2. The number of nitrogens with zero attached hydrogens (tertiary/aromatic N) is 2. The SMILES string of the molecule is CNCCCCN(C)CC(O)CNc1c(NCC(O)CN(C)CCCCNC)c(=O)c1=O. The van der Waals surface area contributed by atoms with Gasteiger partial charge in [-0.15, -0.1) is 0 Å². The molecular weight excluding hydrogens is 412 g/mol. The highest BCUT2D eigenvalue weighted by Crippen LogP contribution is 2.14. The van der Waals surface area contributed by atoms with Gasteiger partial charge in [0.1, 0.15) is 11.4 Å². The van der Waals surface area contributed by atoms with Crippen LogP contribution in [-0.4, -0.2) is 113 Å². The first-order valence-electron chi connectivity index (χ1n) is 11.6. The largest absolute Gasteiger partial charge is 0.390 e. The van der Waals surface area contributed by atoms with E-state index in [1.807, 2.05) is 28.2 Å². The van der Waals surface area contributed by atoms with Crippen LogP contribution >= 0.6 is 0 Å². The molecule has 1 aromatic carbocycles. The lowest BCUT2D eigenvalue weighted by Gasteiger charge is -2.23. The third-order valence-electron chi connectivity index (χ3n) is 5.42. The van der Waals surface area contributed by atoms with Crippen molar-refractivity contribution in [3.05, 3.63) is 20.4 Å². The van der Waals surface area contributed by atoms with Crippen molar-refractivity contribution in [1.82, 2.24) is 20.4 Å². The Labute approximate surface area is 192 Å². The molecule has 10 heteroatoms. The summed E-state index contributed by atoms with van der Waals surface area (Å²) in [6.45, 7) is 5.02. The third-order valence-corrected chi connectivity index (χ3v) is 5.42. The van der Waals surface area contributed by atoms with Gasteiger partial charge in [0, 0.05) is 26.2 Å². The Morgan fingerprint density at radius 2 is 1.09 bits per heavy atom. The van der Waals surface area contributed by atoms with Gasteiger partial charge >= 0.3 is 0 Å². The van der Waals surface area contributed by atoms with E-state index >= 15 is 0 Å². The maximum Gasteiger partial charge on any atom is 0.253 e. The zero-order valence-electron chi connectivity index (χ0n) is 20.2. The second-order valence-electron chi connectivity index (χ2n) is 8.62. The number of rotatable bonds is 20. The van der Waals surface area contributed by atoms with Crippen molar-refractivity contribution in [3.8, 4) is 0 Å². The quantitative estimate of drug-likeness (QED) is 0.104. The Morgan fingerprint density at radius 1 is 0.719 bits per heavy atom. The average Bonchev–Trinajstić information content (AvgIpc) is 2.75. The number of aliphatic hydroxyl groups excluding tert-OH is 2. The molecule has 0 radical (unpaired) electrons. The Kier molecular flexibility index (Phi) is 14.3. The summed E-state index contributed by atoms with van der Waals surface area (Å²) in [5, 5.41) is 32.5. The monoisotopic (exact) mass is 456 g/mol. The smallest absolute Gasteiger partial charge is 0.253 e. The number of aliphatic hydroxyl groups is 2. The van der Waals surface area contributed by atoms with Gasteiger partial charge in [0.05, 0.1) is 12.2 Å². The first-order chi connectivity index (χ1) is 15.3. The number of hydrogen-bond donors (Lipinski definition) is 6. The molecule has 0 aromatic heterocycles. The Hall–Kier alpha value is -1.56. The molecule has 32 heavy (non-hydrogen) atoms. The van der Waals surface area contributed by atoms with E-state index in [9.17, 15) is 19.8 Å². The first-order valence-corrected chi connectivity index (χ1v) is 11.6. The molecule has 10 nitrogen and oxygen atoms in total. The maximum atomic E-state index is 11.9. The van der Waals surface area contributed by atoms with E-state index in [4.69, 9.17) is 0 Å². The summed E-state index contributed by atoms with van der Waals surface area (Å²) < 4.78 is 0. The van der Waals surface area contributed by atoms with Crippen molar-refractivity contribution in [2.45, 2.75) is 37.9 Å². The van der Waals surface area contributed by atoms with Gasteiger partial charge in [-0.2, -0.15) is 0 Å². The standard InChI is InChI=1S/C22H44N6O4/c1-23-9-5-7-11-27(3)15-17(29)13-25-19-20(22(32)21(19)31)26-14-18(30)16-28(4)12-8-6-10-24-2/h17-18,23-26,29-30H,5-16H2,1-4H3. The number of likely N-dealkylation sites (N-methyl/N-ethyl adjacent to an activating group) is 2. The Balaban J connectivity index is 2.36. The van der Waals surface area contributed by atoms with Crippen LogP contribution in [0, 0.1) is 0 Å². The number of nitrogens with one attached hydrogen (secondary N) is 4. The van der Waals surface area contributed by atoms with E-state index in [1.165, 1.54) is 0 Å². The van der Waals surface area contributed by atoms with E-state index in [-0.39, 0.29) is 24.5 Å². The minimum atomic E-state index is -0.663. The highest BCUT2D eigenvalue weighted by atomic mass is 16.3. The van der Waals surface area contributed by atoms with Crippen LogP contribution in [0.4, 0.5) is 11.4 Å². The van der Waals surface area contributed by atoms with Crippen LogP contribution in [-0.2, 0) is 0 Å². The number of hydrogen-bond acceptors (Lipinski definition) is 10. The zero-order chi connectivity index (χ0) is 23.9. The predicted molar refractivity (Wildman–Crippen MR) is 132 cm³/mol. The van der Waals surface area contributed by atoms with Crippen LogP contribution in [0.15, 0.2) is 9.59 Å². The van der Waals surface area contributed by atoms with E-state index in [2.05, 4.69) is 31.1 Å². The number of unbranched alkanes of at least 4 members (excludes halogenated alkanes) is 2. The summed E-state index contributed by atoms with van der Waals surface area (Å²) in [7, 11) is 7.75. The normalized spacial score (nSPS) is 13.8. The molecule has 0 aliphatic heterocycles. The first kappa shape index (κ1) is 28.5. The summed E-state index contributed by atoms with van der Waals surface area (Å²) in [5.41, 5.74) is -0.788. The van der Waals surface area contributed by atoms with Crippen LogP contribution in [0.3, 0.4) is 0 Å². The van der Waals surface area contributed by atoms with Crippen LogP contribution in [0.25, 0.3) is 0 Å². The van der Waals surface area contributed by atoms with Gasteiger partial charge < -0.3 is 41.3 Å². The van der Waals surface area contributed by atoms with Gasteiger partial charge in [0.15, 0.2) is 0 Å². The molecule has 0 spiro atoms. The van der Waals surface area contributed by atoms with Crippen molar-refractivity contribution < 1.29 is 10.2 Å². The molecule has 1 rings (SSSR count). The third kappa shape index (κ3) is 10.8. The molecule has 0 aliphatic rings. The highest BCUT2D eigenvalue weighted by Gasteiger charge is 2.22.